The summed E-state index contributed by atoms with van der Waals surface area (Å²) in [6.07, 6.45) is 15.5. The van der Waals surface area contributed by atoms with Gasteiger partial charge in [0.2, 0.25) is 0 Å². The van der Waals surface area contributed by atoms with E-state index in [2.05, 4.69) is 15.1 Å². The third kappa shape index (κ3) is 5.48. The van der Waals surface area contributed by atoms with E-state index in [1.54, 1.807) is 6.92 Å². The van der Waals surface area contributed by atoms with Gasteiger partial charge in [-0.05, 0) is 82.3 Å². The van der Waals surface area contributed by atoms with Crippen LogP contribution in [0.3, 0.4) is 0 Å². The van der Waals surface area contributed by atoms with Crippen LogP contribution >= 0.6 is 0 Å². The number of nitrogens with zero attached hydrogens (tertiary/aromatic N) is 4. The second-order valence-electron chi connectivity index (χ2n) is 12.8. The molecular weight excluding hydrogens is 504 g/mol. The Kier molecular flexibility index (Phi) is 8.33. The van der Waals surface area contributed by atoms with Gasteiger partial charge in [0.1, 0.15) is 11.7 Å². The van der Waals surface area contributed by atoms with E-state index in [9.17, 15) is 14.5 Å². The van der Waals surface area contributed by atoms with Crippen molar-refractivity contribution in [1.82, 2.24) is 14.5 Å². The van der Waals surface area contributed by atoms with Crippen LogP contribution in [0.25, 0.3) is 11.0 Å². The van der Waals surface area contributed by atoms with Gasteiger partial charge in [0.05, 0.1) is 17.6 Å². The third-order valence-corrected chi connectivity index (χ3v) is 10.3. The van der Waals surface area contributed by atoms with Gasteiger partial charge in [0, 0.05) is 30.6 Å². The minimum Gasteiger partial charge on any atom is -0.466 e. The van der Waals surface area contributed by atoms with E-state index in [0.29, 0.717) is 23.6 Å². The molecule has 1 aromatic heterocycles. The normalized spacial score (nSPS) is 31.3. The van der Waals surface area contributed by atoms with Gasteiger partial charge < -0.3 is 9.30 Å². The molecule has 4 unspecified atom stereocenters. The van der Waals surface area contributed by atoms with Gasteiger partial charge in [-0.1, -0.05) is 49.4 Å². The molecule has 0 amide bonds. The Morgan fingerprint density at radius 1 is 0.950 bits per heavy atom. The lowest BCUT2D eigenvalue weighted by Gasteiger charge is -2.54. The van der Waals surface area contributed by atoms with Crippen LogP contribution < -0.4 is 5.56 Å². The average Bonchev–Trinajstić information content (AvgIpc) is 3.12. The van der Waals surface area contributed by atoms with Crippen LogP contribution in [0.5, 0.6) is 0 Å². The Labute approximate surface area is 236 Å². The number of ether oxygens (including phenoxy) is 1. The lowest BCUT2D eigenvalue weighted by atomic mass is 9.73. The molecule has 0 N–H and O–H groups in total. The topological polar surface area (TPSA) is 93.9 Å². The van der Waals surface area contributed by atoms with Crippen LogP contribution in [0.2, 0.25) is 0 Å². The van der Waals surface area contributed by atoms with Crippen LogP contribution in [-0.2, 0) is 9.53 Å². The van der Waals surface area contributed by atoms with Crippen LogP contribution in [0, 0.1) is 16.7 Å². The number of benzene rings is 1. The maximum Gasteiger partial charge on any atom is 0.305 e. The highest BCUT2D eigenvalue weighted by Gasteiger charge is 2.45. The maximum absolute atomic E-state index is 14.1. The lowest BCUT2D eigenvalue weighted by Crippen LogP contribution is -2.58. The number of hydrogen-bond acceptors (Lipinski definition) is 7. The molecule has 3 heterocycles. The molecule has 2 aliphatic heterocycles. The summed E-state index contributed by atoms with van der Waals surface area (Å²) in [5, 5.41) is 3.27. The van der Waals surface area contributed by atoms with E-state index in [4.69, 9.17) is 4.74 Å². The molecule has 0 radical (unpaired) electrons. The van der Waals surface area contributed by atoms with E-state index in [-0.39, 0.29) is 42.7 Å². The second-order valence-corrected chi connectivity index (χ2v) is 12.8. The van der Waals surface area contributed by atoms with Crippen molar-refractivity contribution < 1.29 is 9.53 Å². The van der Waals surface area contributed by atoms with Gasteiger partial charge in [-0.3, -0.25) is 14.5 Å². The molecule has 8 nitrogen and oxygen atoms in total. The Bertz CT molecular complexity index is 1250. The van der Waals surface area contributed by atoms with Crippen LogP contribution in [-0.4, -0.2) is 45.2 Å². The summed E-state index contributed by atoms with van der Waals surface area (Å²) in [7, 11) is 0. The Hall–Kier alpha value is -2.61. The monoisotopic (exact) mass is 548 g/mol. The highest BCUT2D eigenvalue weighted by Crippen LogP contribution is 2.47. The number of carbonyl (C=O) groups excluding carboxylic acids is 1. The number of rotatable bonds is 8. The molecule has 1 aromatic carbocycles. The number of para-hydroxylation sites is 2. The highest BCUT2D eigenvalue weighted by atomic mass is 16.5. The van der Waals surface area contributed by atoms with Crippen molar-refractivity contribution in [2.45, 2.75) is 127 Å². The SMILES string of the molecule is CCOC(=O)CCC(N=O)c1nc2ccccc2n(C2C[C@H]3CCC[C@@H](C2)N3C2CC3CCCCC(C3)C2)c1=O. The molecule has 4 fully saturated rings. The summed E-state index contributed by atoms with van der Waals surface area (Å²) >= 11 is 0. The molecule has 0 spiro atoms. The van der Waals surface area contributed by atoms with Gasteiger partial charge in [0.25, 0.3) is 5.56 Å². The summed E-state index contributed by atoms with van der Waals surface area (Å²) in [5.74, 6) is 1.39. The summed E-state index contributed by atoms with van der Waals surface area (Å²) in [5.41, 5.74) is 1.45. The number of hydrogen-bond donors (Lipinski definition) is 0. The molecule has 40 heavy (non-hydrogen) atoms. The maximum atomic E-state index is 14.1. The van der Waals surface area contributed by atoms with Crippen molar-refractivity contribution in [3.63, 3.8) is 0 Å². The zero-order chi connectivity index (χ0) is 27.6. The van der Waals surface area contributed by atoms with Crippen molar-refractivity contribution in [3.05, 3.63) is 45.2 Å². The van der Waals surface area contributed by atoms with Crippen molar-refractivity contribution in [1.29, 1.82) is 0 Å². The molecule has 2 aliphatic carbocycles. The summed E-state index contributed by atoms with van der Waals surface area (Å²) in [4.78, 5) is 45.6. The summed E-state index contributed by atoms with van der Waals surface area (Å²) in [6.45, 7) is 2.03. The van der Waals surface area contributed by atoms with Crippen molar-refractivity contribution >= 4 is 17.0 Å². The molecule has 6 atom stereocenters. The molecule has 4 bridgehead atoms. The third-order valence-electron chi connectivity index (χ3n) is 10.3. The van der Waals surface area contributed by atoms with Crippen LogP contribution in [0.1, 0.15) is 115 Å². The first-order chi connectivity index (χ1) is 19.6. The lowest BCUT2D eigenvalue weighted by molar-refractivity contribution is -0.143. The molecule has 216 valence electrons. The smallest absolute Gasteiger partial charge is 0.305 e. The van der Waals surface area contributed by atoms with Gasteiger partial charge in [-0.2, -0.15) is 4.91 Å². The summed E-state index contributed by atoms with van der Waals surface area (Å²) in [6, 6.07) is 8.51. The number of fused-ring (bicyclic) bond motifs is 5. The van der Waals surface area contributed by atoms with E-state index in [1.807, 2.05) is 28.8 Å². The van der Waals surface area contributed by atoms with Crippen molar-refractivity contribution in [3.8, 4) is 0 Å². The first kappa shape index (κ1) is 27.6. The molecule has 4 aliphatic rings. The van der Waals surface area contributed by atoms with E-state index < -0.39 is 6.04 Å². The number of aromatic nitrogens is 2. The first-order valence-corrected chi connectivity index (χ1v) is 15.8. The van der Waals surface area contributed by atoms with Gasteiger partial charge in [-0.15, -0.1) is 0 Å². The largest absolute Gasteiger partial charge is 0.466 e. The predicted octanol–water partition coefficient (Wildman–Crippen LogP) is 6.46. The van der Waals surface area contributed by atoms with E-state index in [1.165, 1.54) is 64.2 Å². The Morgan fingerprint density at radius 3 is 2.33 bits per heavy atom. The van der Waals surface area contributed by atoms with E-state index in [0.717, 1.165) is 30.2 Å². The molecule has 6 rings (SSSR count). The standard InChI is InChI=1S/C32H44N4O4/c1-2-40-30(37)15-14-28(34-39)31-32(38)36(29-13-6-5-12-27(29)33-31)26-19-23-10-7-11-24(20-26)35(23)25-17-21-8-3-4-9-22(16-21)18-25/h5-6,12-13,21-26,28H,2-4,7-11,14-20H2,1H3/t21?,22?,23-,24+,25?,26?,28?. The number of esters is 1. The molecule has 2 saturated heterocycles. The first-order valence-electron chi connectivity index (χ1n) is 15.8. The Balaban J connectivity index is 1.30. The zero-order valence-electron chi connectivity index (χ0n) is 23.9. The molecule has 2 saturated carbocycles. The predicted molar refractivity (Wildman–Crippen MR) is 155 cm³/mol. The minimum atomic E-state index is -0.974. The summed E-state index contributed by atoms with van der Waals surface area (Å²) < 4.78 is 6.97. The highest BCUT2D eigenvalue weighted by molar-refractivity contribution is 5.75. The molecule has 8 heteroatoms. The van der Waals surface area contributed by atoms with Gasteiger partial charge in [-0.25, -0.2) is 4.98 Å². The fourth-order valence-electron chi connectivity index (χ4n) is 8.79. The van der Waals surface area contributed by atoms with Crippen molar-refractivity contribution in [2.75, 3.05) is 6.61 Å². The van der Waals surface area contributed by atoms with E-state index >= 15 is 0 Å². The number of carbonyl (C=O) groups is 1. The van der Waals surface area contributed by atoms with Crippen LogP contribution in [0.4, 0.5) is 0 Å². The fourth-order valence-corrected chi connectivity index (χ4v) is 8.79. The minimum absolute atomic E-state index is 0.0319. The number of piperidine rings is 2. The fraction of sp³-hybridized carbons (Fsp3) is 0.719. The van der Waals surface area contributed by atoms with Gasteiger partial charge >= 0.3 is 5.97 Å². The average molecular weight is 549 g/mol. The molecular formula is C32H44N4O4. The quantitative estimate of drug-likeness (QED) is 0.277. The molecule has 2 aromatic rings. The second kappa shape index (κ2) is 12.1. The van der Waals surface area contributed by atoms with Gasteiger partial charge in [0.15, 0.2) is 0 Å². The van der Waals surface area contributed by atoms with Crippen LogP contribution in [0.15, 0.2) is 34.2 Å². The van der Waals surface area contributed by atoms with Crippen molar-refractivity contribution in [2.24, 2.45) is 17.0 Å². The zero-order valence-corrected chi connectivity index (χ0v) is 23.9. The Morgan fingerprint density at radius 2 is 1.65 bits per heavy atom. The number of nitroso groups, excluding NO2 is 1.